The van der Waals surface area contributed by atoms with Gasteiger partial charge in [0.1, 0.15) is 5.82 Å². The molecule has 1 aromatic carbocycles. The summed E-state index contributed by atoms with van der Waals surface area (Å²) in [4.78, 5) is 12.6. The van der Waals surface area contributed by atoms with E-state index in [1.807, 2.05) is 6.92 Å². The highest BCUT2D eigenvalue weighted by molar-refractivity contribution is 7.21. The van der Waals surface area contributed by atoms with E-state index in [2.05, 4.69) is 5.32 Å². The van der Waals surface area contributed by atoms with Crippen LogP contribution in [0.25, 0.3) is 10.1 Å². The van der Waals surface area contributed by atoms with Crippen LogP contribution < -0.4 is 5.32 Å². The molecule has 0 saturated carbocycles. The number of nitrogens with one attached hydrogen (secondary N) is 1. The third-order valence-corrected chi connectivity index (χ3v) is 4.41. The summed E-state index contributed by atoms with van der Waals surface area (Å²) in [6, 6.07) is 4.57. The van der Waals surface area contributed by atoms with E-state index in [-0.39, 0.29) is 24.4 Å². The Labute approximate surface area is 115 Å². The van der Waals surface area contributed by atoms with E-state index in [4.69, 9.17) is 5.11 Å². The zero-order valence-electron chi connectivity index (χ0n) is 10.9. The predicted molar refractivity (Wildman–Crippen MR) is 75.2 cm³/mol. The van der Waals surface area contributed by atoms with Crippen molar-refractivity contribution in [3.05, 3.63) is 34.5 Å². The molecule has 2 rings (SSSR count). The van der Waals surface area contributed by atoms with E-state index < -0.39 is 0 Å². The number of aliphatic hydroxyl groups excluding tert-OH is 1. The summed E-state index contributed by atoms with van der Waals surface area (Å²) >= 11 is 1.28. The number of thiophene rings is 1. The molecule has 1 heterocycles. The SMILES string of the molecule is CC[C@@H](CO)NC(=O)c1sc2cccc(F)c2c1C. The minimum Gasteiger partial charge on any atom is -0.394 e. The van der Waals surface area contributed by atoms with Gasteiger partial charge in [-0.05, 0) is 31.0 Å². The van der Waals surface area contributed by atoms with Gasteiger partial charge in [-0.1, -0.05) is 13.0 Å². The van der Waals surface area contributed by atoms with E-state index in [0.29, 0.717) is 22.2 Å². The summed E-state index contributed by atoms with van der Waals surface area (Å²) in [5.74, 6) is -0.557. The number of carbonyl (C=O) groups is 1. The Morgan fingerprint density at radius 3 is 2.84 bits per heavy atom. The lowest BCUT2D eigenvalue weighted by molar-refractivity contribution is 0.0918. The number of amides is 1. The van der Waals surface area contributed by atoms with Crippen molar-refractivity contribution in [2.45, 2.75) is 26.3 Å². The first kappa shape index (κ1) is 14.0. The van der Waals surface area contributed by atoms with Gasteiger partial charge in [0.05, 0.1) is 17.5 Å². The summed E-state index contributed by atoms with van der Waals surface area (Å²) in [7, 11) is 0. The number of hydrogen-bond donors (Lipinski definition) is 2. The van der Waals surface area contributed by atoms with Gasteiger partial charge in [0.25, 0.3) is 5.91 Å². The van der Waals surface area contributed by atoms with E-state index in [1.54, 1.807) is 19.1 Å². The fourth-order valence-corrected chi connectivity index (χ4v) is 3.12. The van der Waals surface area contributed by atoms with Crippen molar-refractivity contribution in [1.82, 2.24) is 5.32 Å². The number of benzene rings is 1. The number of carbonyl (C=O) groups excluding carboxylic acids is 1. The van der Waals surface area contributed by atoms with Gasteiger partial charge in [-0.2, -0.15) is 0 Å². The second-order valence-electron chi connectivity index (χ2n) is 4.43. The summed E-state index contributed by atoms with van der Waals surface area (Å²) in [6.45, 7) is 3.54. The molecule has 102 valence electrons. The molecule has 0 fully saturated rings. The van der Waals surface area contributed by atoms with Crippen LogP contribution in [0.3, 0.4) is 0 Å². The average molecular weight is 281 g/mol. The molecule has 0 aliphatic rings. The fraction of sp³-hybridized carbons (Fsp3) is 0.357. The van der Waals surface area contributed by atoms with Crippen LogP contribution in [0.1, 0.15) is 28.6 Å². The molecular formula is C14H16FNO2S. The molecule has 1 aromatic heterocycles. The topological polar surface area (TPSA) is 49.3 Å². The molecule has 0 saturated heterocycles. The standard InChI is InChI=1S/C14H16FNO2S/c1-3-9(7-17)16-14(18)13-8(2)12-10(15)5-4-6-11(12)19-13/h4-6,9,17H,3,7H2,1-2H3,(H,16,18)/t9-/m0/s1. The predicted octanol–water partition coefficient (Wildman–Crippen LogP) is 2.85. The molecule has 19 heavy (non-hydrogen) atoms. The number of rotatable bonds is 4. The average Bonchev–Trinajstić information content (AvgIpc) is 2.74. The van der Waals surface area contributed by atoms with E-state index in [0.717, 1.165) is 4.70 Å². The lowest BCUT2D eigenvalue weighted by Crippen LogP contribution is -2.36. The maximum atomic E-state index is 13.8. The van der Waals surface area contributed by atoms with Gasteiger partial charge < -0.3 is 10.4 Å². The van der Waals surface area contributed by atoms with Crippen molar-refractivity contribution in [2.24, 2.45) is 0 Å². The van der Waals surface area contributed by atoms with Crippen LogP contribution >= 0.6 is 11.3 Å². The molecule has 1 atom stereocenters. The van der Waals surface area contributed by atoms with Crippen molar-refractivity contribution < 1.29 is 14.3 Å². The maximum Gasteiger partial charge on any atom is 0.261 e. The van der Waals surface area contributed by atoms with Crippen LogP contribution in [-0.2, 0) is 0 Å². The zero-order chi connectivity index (χ0) is 14.0. The highest BCUT2D eigenvalue weighted by Gasteiger charge is 2.19. The molecule has 0 radical (unpaired) electrons. The monoisotopic (exact) mass is 281 g/mol. The summed E-state index contributed by atoms with van der Waals surface area (Å²) in [5, 5.41) is 12.4. The molecule has 0 aliphatic carbocycles. The van der Waals surface area contributed by atoms with Gasteiger partial charge in [0, 0.05) is 10.1 Å². The Balaban J connectivity index is 2.38. The number of halogens is 1. The molecule has 0 spiro atoms. The fourth-order valence-electron chi connectivity index (χ4n) is 2.00. The van der Waals surface area contributed by atoms with Gasteiger partial charge >= 0.3 is 0 Å². The normalized spacial score (nSPS) is 12.6. The molecule has 0 bridgehead atoms. The summed E-state index contributed by atoms with van der Waals surface area (Å²) in [5.41, 5.74) is 0.656. The molecule has 0 unspecified atom stereocenters. The molecule has 5 heteroatoms. The van der Waals surface area contributed by atoms with Gasteiger partial charge in [-0.15, -0.1) is 11.3 Å². The van der Waals surface area contributed by atoms with Gasteiger partial charge in [-0.3, -0.25) is 4.79 Å². The van der Waals surface area contributed by atoms with Crippen molar-refractivity contribution in [3.8, 4) is 0 Å². The first-order chi connectivity index (χ1) is 9.08. The second-order valence-corrected chi connectivity index (χ2v) is 5.48. The molecule has 1 amide bonds. The Morgan fingerprint density at radius 2 is 2.26 bits per heavy atom. The van der Waals surface area contributed by atoms with Crippen LogP contribution in [-0.4, -0.2) is 23.7 Å². The van der Waals surface area contributed by atoms with Gasteiger partial charge in [0.15, 0.2) is 0 Å². The van der Waals surface area contributed by atoms with Crippen LogP contribution in [0, 0.1) is 12.7 Å². The Morgan fingerprint density at radius 1 is 1.53 bits per heavy atom. The Kier molecular flexibility index (Phi) is 4.17. The number of hydrogen-bond acceptors (Lipinski definition) is 3. The van der Waals surface area contributed by atoms with Gasteiger partial charge in [-0.25, -0.2) is 4.39 Å². The highest BCUT2D eigenvalue weighted by Crippen LogP contribution is 2.32. The van der Waals surface area contributed by atoms with Crippen molar-refractivity contribution in [3.63, 3.8) is 0 Å². The quantitative estimate of drug-likeness (QED) is 0.905. The highest BCUT2D eigenvalue weighted by atomic mass is 32.1. The smallest absolute Gasteiger partial charge is 0.261 e. The third-order valence-electron chi connectivity index (χ3n) is 3.16. The van der Waals surface area contributed by atoms with Crippen LogP contribution in [0.4, 0.5) is 4.39 Å². The lowest BCUT2D eigenvalue weighted by Gasteiger charge is -2.13. The van der Waals surface area contributed by atoms with Crippen molar-refractivity contribution in [2.75, 3.05) is 6.61 Å². The summed E-state index contributed by atoms with van der Waals surface area (Å²) < 4.78 is 14.5. The van der Waals surface area contributed by atoms with Crippen molar-refractivity contribution in [1.29, 1.82) is 0 Å². The zero-order valence-corrected chi connectivity index (χ0v) is 11.7. The Hall–Kier alpha value is -1.46. The van der Waals surface area contributed by atoms with E-state index >= 15 is 0 Å². The van der Waals surface area contributed by atoms with Crippen LogP contribution in [0.2, 0.25) is 0 Å². The number of fused-ring (bicyclic) bond motifs is 1. The summed E-state index contributed by atoms with van der Waals surface area (Å²) in [6.07, 6.45) is 0.653. The minimum atomic E-state index is -0.306. The first-order valence-electron chi connectivity index (χ1n) is 6.17. The first-order valence-corrected chi connectivity index (χ1v) is 6.99. The molecular weight excluding hydrogens is 265 g/mol. The third kappa shape index (κ3) is 2.62. The molecule has 3 nitrogen and oxygen atoms in total. The molecule has 2 N–H and O–H groups in total. The van der Waals surface area contributed by atoms with Crippen LogP contribution in [0.15, 0.2) is 18.2 Å². The lowest BCUT2D eigenvalue weighted by atomic mass is 10.1. The van der Waals surface area contributed by atoms with Crippen LogP contribution in [0.5, 0.6) is 0 Å². The number of aliphatic hydroxyl groups is 1. The largest absolute Gasteiger partial charge is 0.394 e. The number of aryl methyl sites for hydroxylation is 1. The van der Waals surface area contributed by atoms with Gasteiger partial charge in [0.2, 0.25) is 0 Å². The molecule has 2 aromatic rings. The minimum absolute atomic E-state index is 0.0967. The Bertz CT molecular complexity index is 605. The second kappa shape index (κ2) is 5.67. The maximum absolute atomic E-state index is 13.8. The van der Waals surface area contributed by atoms with Crippen molar-refractivity contribution >= 4 is 27.3 Å². The van der Waals surface area contributed by atoms with E-state index in [9.17, 15) is 9.18 Å². The van der Waals surface area contributed by atoms with E-state index in [1.165, 1.54) is 17.4 Å². The molecule has 0 aliphatic heterocycles.